The molecular weight excluding hydrogens is 192 g/mol. The fourth-order valence-electron chi connectivity index (χ4n) is 1.43. The van der Waals surface area contributed by atoms with E-state index in [1.54, 1.807) is 6.92 Å². The first-order valence-corrected chi connectivity index (χ1v) is 5.08. The molecular formula is C12H16O3. The van der Waals surface area contributed by atoms with Gasteiger partial charge in [0, 0.05) is 0 Å². The number of hydrogen-bond acceptors (Lipinski definition) is 2. The minimum Gasteiger partial charge on any atom is -0.479 e. The third-order valence-corrected chi connectivity index (χ3v) is 2.65. The van der Waals surface area contributed by atoms with E-state index in [0.717, 1.165) is 5.56 Å². The number of hydrogen-bond donors (Lipinski definition) is 2. The van der Waals surface area contributed by atoms with Crippen LogP contribution in [0.1, 0.15) is 25.3 Å². The second-order valence-electron chi connectivity index (χ2n) is 3.68. The van der Waals surface area contributed by atoms with E-state index in [0.29, 0.717) is 6.42 Å². The second-order valence-corrected chi connectivity index (χ2v) is 3.68. The molecule has 0 spiro atoms. The normalized spacial score (nSPS) is 14.5. The van der Waals surface area contributed by atoms with Crippen molar-refractivity contribution in [2.24, 2.45) is 0 Å². The number of carboxylic acid groups (broad SMARTS) is 1. The van der Waals surface area contributed by atoms with Crippen LogP contribution in [-0.2, 0) is 11.2 Å². The molecule has 1 atom stereocenters. The van der Waals surface area contributed by atoms with E-state index < -0.39 is 11.6 Å². The van der Waals surface area contributed by atoms with Crippen LogP contribution in [0.2, 0.25) is 0 Å². The summed E-state index contributed by atoms with van der Waals surface area (Å²) in [5, 5.41) is 18.6. The lowest BCUT2D eigenvalue weighted by molar-refractivity contribution is -0.159. The van der Waals surface area contributed by atoms with Crippen molar-refractivity contribution in [2.45, 2.75) is 31.8 Å². The zero-order chi connectivity index (χ0) is 11.3. The van der Waals surface area contributed by atoms with Crippen molar-refractivity contribution in [3.8, 4) is 0 Å². The molecule has 82 valence electrons. The van der Waals surface area contributed by atoms with E-state index in [-0.39, 0.29) is 12.8 Å². The van der Waals surface area contributed by atoms with Crippen LogP contribution in [0, 0.1) is 0 Å². The topological polar surface area (TPSA) is 57.5 Å². The molecule has 3 heteroatoms. The summed E-state index contributed by atoms with van der Waals surface area (Å²) in [5.74, 6) is -1.14. The molecule has 15 heavy (non-hydrogen) atoms. The quantitative estimate of drug-likeness (QED) is 0.776. The summed E-state index contributed by atoms with van der Waals surface area (Å²) in [5.41, 5.74) is -0.541. The molecule has 0 heterocycles. The third kappa shape index (κ3) is 3.06. The van der Waals surface area contributed by atoms with E-state index in [4.69, 9.17) is 5.11 Å². The van der Waals surface area contributed by atoms with Gasteiger partial charge in [-0.3, -0.25) is 0 Å². The maximum absolute atomic E-state index is 10.8. The summed E-state index contributed by atoms with van der Waals surface area (Å²) in [6.45, 7) is 1.68. The summed E-state index contributed by atoms with van der Waals surface area (Å²) in [7, 11) is 0. The van der Waals surface area contributed by atoms with Gasteiger partial charge in [0.25, 0.3) is 0 Å². The Morgan fingerprint density at radius 1 is 1.33 bits per heavy atom. The fraction of sp³-hybridized carbons (Fsp3) is 0.417. The van der Waals surface area contributed by atoms with Crippen molar-refractivity contribution in [3.05, 3.63) is 35.9 Å². The lowest BCUT2D eigenvalue weighted by atomic mass is 9.92. The Hall–Kier alpha value is -1.35. The first kappa shape index (κ1) is 11.7. The minimum absolute atomic E-state index is 0.231. The SMILES string of the molecule is CCC(O)(CCc1ccccc1)C(=O)O. The molecule has 1 aromatic rings. The van der Waals surface area contributed by atoms with Crippen molar-refractivity contribution in [1.29, 1.82) is 0 Å². The average Bonchev–Trinajstić information content (AvgIpc) is 2.27. The van der Waals surface area contributed by atoms with Gasteiger partial charge >= 0.3 is 5.97 Å². The number of aliphatic carboxylic acids is 1. The van der Waals surface area contributed by atoms with E-state index >= 15 is 0 Å². The van der Waals surface area contributed by atoms with Gasteiger partial charge in [0.15, 0.2) is 5.60 Å². The average molecular weight is 208 g/mol. The Labute approximate surface area is 89.4 Å². The van der Waals surface area contributed by atoms with Crippen LogP contribution in [0.15, 0.2) is 30.3 Å². The van der Waals surface area contributed by atoms with Crippen molar-refractivity contribution >= 4 is 5.97 Å². The summed E-state index contributed by atoms with van der Waals surface area (Å²) >= 11 is 0. The third-order valence-electron chi connectivity index (χ3n) is 2.65. The number of carboxylic acids is 1. The molecule has 0 aliphatic heterocycles. The zero-order valence-corrected chi connectivity index (χ0v) is 8.81. The van der Waals surface area contributed by atoms with Crippen molar-refractivity contribution < 1.29 is 15.0 Å². The predicted octanol–water partition coefficient (Wildman–Crippen LogP) is 1.84. The molecule has 0 aliphatic carbocycles. The lowest BCUT2D eigenvalue weighted by Gasteiger charge is -2.21. The van der Waals surface area contributed by atoms with Crippen molar-refractivity contribution in [2.75, 3.05) is 0 Å². The highest BCUT2D eigenvalue weighted by Crippen LogP contribution is 2.18. The monoisotopic (exact) mass is 208 g/mol. The number of rotatable bonds is 5. The van der Waals surface area contributed by atoms with Gasteiger partial charge in [0.05, 0.1) is 0 Å². The van der Waals surface area contributed by atoms with Crippen LogP contribution in [0.5, 0.6) is 0 Å². The molecule has 0 radical (unpaired) electrons. The summed E-state index contributed by atoms with van der Waals surface area (Å²) in [6, 6.07) is 9.57. The van der Waals surface area contributed by atoms with E-state index in [2.05, 4.69) is 0 Å². The Morgan fingerprint density at radius 2 is 1.93 bits per heavy atom. The van der Waals surface area contributed by atoms with Gasteiger partial charge in [-0.25, -0.2) is 4.79 Å². The molecule has 0 fully saturated rings. The maximum Gasteiger partial charge on any atom is 0.335 e. The van der Waals surface area contributed by atoms with Gasteiger partial charge in [0.2, 0.25) is 0 Å². The highest BCUT2D eigenvalue weighted by molar-refractivity contribution is 5.76. The number of aryl methyl sites for hydroxylation is 1. The van der Waals surface area contributed by atoms with Gasteiger partial charge < -0.3 is 10.2 Å². The number of carbonyl (C=O) groups is 1. The Bertz CT molecular complexity index is 321. The van der Waals surface area contributed by atoms with Gasteiger partial charge in [-0.1, -0.05) is 37.3 Å². The molecule has 0 aliphatic rings. The zero-order valence-electron chi connectivity index (χ0n) is 8.81. The Balaban J connectivity index is 2.59. The molecule has 0 bridgehead atoms. The van der Waals surface area contributed by atoms with Crippen LogP contribution < -0.4 is 0 Å². The standard InChI is InChI=1S/C12H16O3/c1-2-12(15,11(13)14)9-8-10-6-4-3-5-7-10/h3-7,15H,2,8-9H2,1H3,(H,13,14). The van der Waals surface area contributed by atoms with E-state index in [1.807, 2.05) is 30.3 Å². The van der Waals surface area contributed by atoms with Gasteiger partial charge in [-0.05, 0) is 24.8 Å². The summed E-state index contributed by atoms with van der Waals surface area (Å²) in [4.78, 5) is 10.8. The molecule has 0 saturated heterocycles. The van der Waals surface area contributed by atoms with Crippen LogP contribution in [0.4, 0.5) is 0 Å². The largest absolute Gasteiger partial charge is 0.479 e. The molecule has 3 nitrogen and oxygen atoms in total. The van der Waals surface area contributed by atoms with Gasteiger partial charge in [0.1, 0.15) is 0 Å². The summed E-state index contributed by atoms with van der Waals surface area (Å²) in [6.07, 6.45) is 1.06. The van der Waals surface area contributed by atoms with Crippen molar-refractivity contribution in [3.63, 3.8) is 0 Å². The highest BCUT2D eigenvalue weighted by atomic mass is 16.4. The first-order chi connectivity index (χ1) is 7.08. The molecule has 0 saturated carbocycles. The van der Waals surface area contributed by atoms with E-state index in [9.17, 15) is 9.90 Å². The minimum atomic E-state index is -1.59. The van der Waals surface area contributed by atoms with Gasteiger partial charge in [-0.2, -0.15) is 0 Å². The van der Waals surface area contributed by atoms with Crippen LogP contribution in [0.3, 0.4) is 0 Å². The molecule has 1 rings (SSSR count). The van der Waals surface area contributed by atoms with Crippen molar-refractivity contribution in [1.82, 2.24) is 0 Å². The molecule has 0 amide bonds. The highest BCUT2D eigenvalue weighted by Gasteiger charge is 2.32. The predicted molar refractivity (Wildman–Crippen MR) is 57.6 cm³/mol. The van der Waals surface area contributed by atoms with Crippen LogP contribution >= 0.6 is 0 Å². The smallest absolute Gasteiger partial charge is 0.335 e. The number of aliphatic hydroxyl groups is 1. The Kier molecular flexibility index (Phi) is 3.86. The Morgan fingerprint density at radius 3 is 2.40 bits per heavy atom. The fourth-order valence-corrected chi connectivity index (χ4v) is 1.43. The molecule has 2 N–H and O–H groups in total. The molecule has 0 aromatic heterocycles. The van der Waals surface area contributed by atoms with Gasteiger partial charge in [-0.15, -0.1) is 0 Å². The second kappa shape index (κ2) is 4.94. The van der Waals surface area contributed by atoms with Crippen LogP contribution in [0.25, 0.3) is 0 Å². The summed E-state index contributed by atoms with van der Waals surface area (Å²) < 4.78 is 0. The van der Waals surface area contributed by atoms with E-state index in [1.165, 1.54) is 0 Å². The lowest BCUT2D eigenvalue weighted by Crippen LogP contribution is -2.38. The molecule has 1 unspecified atom stereocenters. The molecule has 1 aromatic carbocycles. The first-order valence-electron chi connectivity index (χ1n) is 5.08. The van der Waals surface area contributed by atoms with Crippen LogP contribution in [-0.4, -0.2) is 21.8 Å². The maximum atomic E-state index is 10.8. The number of benzene rings is 1.